The number of aliphatic hydroxyl groups is 1. The summed E-state index contributed by atoms with van der Waals surface area (Å²) >= 11 is 5.93. The Morgan fingerprint density at radius 1 is 1.09 bits per heavy atom. The van der Waals surface area contributed by atoms with Crippen LogP contribution in [0.15, 0.2) is 89.8 Å². The summed E-state index contributed by atoms with van der Waals surface area (Å²) in [5.41, 5.74) is -0.0750. The summed E-state index contributed by atoms with van der Waals surface area (Å²) in [6, 6.07) is 23.8. The maximum atomic E-state index is 13.7. The molecule has 0 radical (unpaired) electrons. The second-order valence-electron chi connectivity index (χ2n) is 10.9. The highest BCUT2D eigenvalue weighted by Crippen LogP contribution is 2.28. The standard InChI is InChI=1S/C32H38ClFN2O6S/c1-32(26-8-4-2-5-9-26,35-31(38)18-24-12-14-27(15-13-24)42-28-16-17-41-23-28)30(37)22-36(21-25(19-33)20-34)43(39,40)29-10-6-3-7-11-29/h2-15,25,28,30,37H,16-23H2,1H3,(H,35,38)/t25?,28-,30-,32+/m1/s1. The molecule has 43 heavy (non-hydrogen) atoms. The number of alkyl halides is 2. The molecular formula is C32H38ClFN2O6S. The minimum absolute atomic E-state index is 0.00714. The Bertz CT molecular complexity index is 1400. The third-order valence-corrected chi connectivity index (χ3v) is 9.86. The Morgan fingerprint density at radius 2 is 1.74 bits per heavy atom. The maximum absolute atomic E-state index is 13.7. The molecule has 1 aliphatic heterocycles. The molecule has 1 unspecified atom stereocenters. The lowest BCUT2D eigenvalue weighted by atomic mass is 9.85. The molecule has 0 saturated carbocycles. The Morgan fingerprint density at radius 3 is 2.33 bits per heavy atom. The number of ether oxygens (including phenoxy) is 2. The summed E-state index contributed by atoms with van der Waals surface area (Å²) in [5.74, 6) is -0.563. The number of halogens is 2. The predicted octanol–water partition coefficient (Wildman–Crippen LogP) is 4.30. The molecule has 2 N–H and O–H groups in total. The van der Waals surface area contributed by atoms with E-state index in [4.69, 9.17) is 21.1 Å². The number of aliphatic hydroxyl groups excluding tert-OH is 1. The number of nitrogens with one attached hydrogen (secondary N) is 1. The van der Waals surface area contributed by atoms with Crippen molar-refractivity contribution < 1.29 is 32.2 Å². The number of benzene rings is 3. The zero-order valence-corrected chi connectivity index (χ0v) is 25.6. The van der Waals surface area contributed by atoms with Crippen LogP contribution in [0.3, 0.4) is 0 Å². The Hall–Kier alpha value is -3.02. The van der Waals surface area contributed by atoms with Gasteiger partial charge in [-0.05, 0) is 42.3 Å². The number of carbonyl (C=O) groups excluding carboxylic acids is 1. The molecule has 1 fully saturated rings. The molecule has 1 aliphatic rings. The zero-order valence-electron chi connectivity index (χ0n) is 24.1. The van der Waals surface area contributed by atoms with Gasteiger partial charge < -0.3 is 19.9 Å². The molecule has 3 aromatic rings. The summed E-state index contributed by atoms with van der Waals surface area (Å²) in [7, 11) is -4.13. The summed E-state index contributed by atoms with van der Waals surface area (Å²) in [6.45, 7) is 1.39. The first-order chi connectivity index (χ1) is 20.7. The lowest BCUT2D eigenvalue weighted by Crippen LogP contribution is -2.56. The molecule has 232 valence electrons. The van der Waals surface area contributed by atoms with E-state index in [9.17, 15) is 22.7 Å². The highest BCUT2D eigenvalue weighted by Gasteiger charge is 2.40. The molecule has 1 amide bonds. The van der Waals surface area contributed by atoms with Crippen LogP contribution in [-0.2, 0) is 31.5 Å². The molecule has 1 heterocycles. The summed E-state index contributed by atoms with van der Waals surface area (Å²) in [5, 5.41) is 14.6. The van der Waals surface area contributed by atoms with Gasteiger partial charge in [0.15, 0.2) is 0 Å². The molecule has 4 atom stereocenters. The van der Waals surface area contributed by atoms with Crippen molar-refractivity contribution in [3.8, 4) is 5.75 Å². The molecule has 0 aromatic heterocycles. The van der Waals surface area contributed by atoms with E-state index in [2.05, 4.69) is 5.32 Å². The van der Waals surface area contributed by atoms with Crippen LogP contribution in [0.4, 0.5) is 4.39 Å². The van der Waals surface area contributed by atoms with Crippen molar-refractivity contribution in [3.05, 3.63) is 96.1 Å². The first-order valence-corrected chi connectivity index (χ1v) is 16.2. The Balaban J connectivity index is 1.55. The van der Waals surface area contributed by atoms with E-state index in [1.165, 1.54) is 12.1 Å². The fourth-order valence-corrected chi connectivity index (χ4v) is 6.67. The zero-order chi connectivity index (χ0) is 30.9. The monoisotopic (exact) mass is 632 g/mol. The smallest absolute Gasteiger partial charge is 0.243 e. The average molecular weight is 633 g/mol. The van der Waals surface area contributed by atoms with Crippen LogP contribution in [0, 0.1) is 5.92 Å². The third-order valence-electron chi connectivity index (χ3n) is 7.57. The number of amides is 1. The summed E-state index contributed by atoms with van der Waals surface area (Å²) in [4.78, 5) is 13.4. The first-order valence-electron chi connectivity index (χ1n) is 14.2. The second kappa shape index (κ2) is 15.1. The molecule has 11 heteroatoms. The van der Waals surface area contributed by atoms with E-state index in [1.54, 1.807) is 79.7 Å². The quantitative estimate of drug-likeness (QED) is 0.242. The van der Waals surface area contributed by atoms with Gasteiger partial charge in [0.1, 0.15) is 11.9 Å². The number of carbonyl (C=O) groups is 1. The van der Waals surface area contributed by atoms with Crippen molar-refractivity contribution >= 4 is 27.5 Å². The molecule has 0 bridgehead atoms. The fraction of sp³-hybridized carbons (Fsp3) is 0.406. The summed E-state index contributed by atoms with van der Waals surface area (Å²) in [6.07, 6.45) is -0.548. The Labute approximate surface area is 257 Å². The molecule has 3 aromatic carbocycles. The van der Waals surface area contributed by atoms with Crippen LogP contribution in [0.5, 0.6) is 5.75 Å². The topological polar surface area (TPSA) is 105 Å². The van der Waals surface area contributed by atoms with Gasteiger partial charge in [0.05, 0.1) is 42.8 Å². The lowest BCUT2D eigenvalue weighted by Gasteiger charge is -2.38. The molecule has 0 spiro atoms. The normalized spacial score (nSPS) is 18.1. The molecule has 8 nitrogen and oxygen atoms in total. The van der Waals surface area contributed by atoms with E-state index >= 15 is 0 Å². The van der Waals surface area contributed by atoms with Gasteiger partial charge in [-0.15, -0.1) is 11.6 Å². The van der Waals surface area contributed by atoms with E-state index in [1.807, 2.05) is 0 Å². The minimum atomic E-state index is -4.13. The number of sulfonamides is 1. The number of rotatable bonds is 15. The first kappa shape index (κ1) is 32.9. The van der Waals surface area contributed by atoms with Gasteiger partial charge in [0.2, 0.25) is 15.9 Å². The number of nitrogens with zero attached hydrogens (tertiary/aromatic N) is 1. The van der Waals surface area contributed by atoms with E-state index in [0.29, 0.717) is 24.5 Å². The van der Waals surface area contributed by atoms with Crippen molar-refractivity contribution in [1.82, 2.24) is 9.62 Å². The van der Waals surface area contributed by atoms with Crippen LogP contribution in [0.1, 0.15) is 24.5 Å². The summed E-state index contributed by atoms with van der Waals surface area (Å²) < 4.78 is 53.3. The van der Waals surface area contributed by atoms with Crippen molar-refractivity contribution in [2.24, 2.45) is 5.92 Å². The second-order valence-corrected chi connectivity index (χ2v) is 13.1. The highest BCUT2D eigenvalue weighted by molar-refractivity contribution is 7.89. The van der Waals surface area contributed by atoms with E-state index in [-0.39, 0.29) is 35.8 Å². The third kappa shape index (κ3) is 8.55. The molecule has 0 aliphatic carbocycles. The SMILES string of the molecule is C[C@](NC(=O)Cc1ccc(O[C@@H]2CCOC2)cc1)(c1ccccc1)[C@H](O)CN(CC(CF)CCl)S(=O)(=O)c1ccccc1. The van der Waals surface area contributed by atoms with Gasteiger partial charge in [-0.2, -0.15) is 4.31 Å². The van der Waals surface area contributed by atoms with Crippen molar-refractivity contribution in [2.75, 3.05) is 38.9 Å². The molecule has 1 saturated heterocycles. The largest absolute Gasteiger partial charge is 0.488 e. The molecule has 4 rings (SSSR count). The van der Waals surface area contributed by atoms with Crippen molar-refractivity contribution in [2.45, 2.75) is 42.4 Å². The van der Waals surface area contributed by atoms with Gasteiger partial charge in [-0.25, -0.2) is 8.42 Å². The van der Waals surface area contributed by atoms with Gasteiger partial charge >= 0.3 is 0 Å². The maximum Gasteiger partial charge on any atom is 0.243 e. The van der Waals surface area contributed by atoms with Crippen LogP contribution >= 0.6 is 11.6 Å². The molecular weight excluding hydrogens is 595 g/mol. The van der Waals surface area contributed by atoms with Crippen molar-refractivity contribution in [3.63, 3.8) is 0 Å². The fourth-order valence-electron chi connectivity index (χ4n) is 4.95. The Kier molecular flexibility index (Phi) is 11.6. The van der Waals surface area contributed by atoms with Gasteiger partial charge in [0.25, 0.3) is 0 Å². The predicted molar refractivity (Wildman–Crippen MR) is 163 cm³/mol. The van der Waals surface area contributed by atoms with Gasteiger partial charge in [0, 0.05) is 31.3 Å². The van der Waals surface area contributed by atoms with Crippen molar-refractivity contribution in [1.29, 1.82) is 0 Å². The van der Waals surface area contributed by atoms with Gasteiger partial charge in [-0.1, -0.05) is 60.7 Å². The average Bonchev–Trinajstić information content (AvgIpc) is 3.54. The van der Waals surface area contributed by atoms with Gasteiger partial charge in [-0.3, -0.25) is 9.18 Å². The minimum Gasteiger partial charge on any atom is -0.488 e. The van der Waals surface area contributed by atoms with E-state index < -0.39 is 40.8 Å². The number of hydrogen-bond donors (Lipinski definition) is 2. The van der Waals surface area contributed by atoms with Crippen LogP contribution in [0.25, 0.3) is 0 Å². The van der Waals surface area contributed by atoms with Crippen LogP contribution < -0.4 is 10.1 Å². The number of hydrogen-bond acceptors (Lipinski definition) is 6. The highest BCUT2D eigenvalue weighted by atomic mass is 35.5. The van der Waals surface area contributed by atoms with Crippen LogP contribution in [0.2, 0.25) is 0 Å². The lowest BCUT2D eigenvalue weighted by molar-refractivity contribution is -0.124. The van der Waals surface area contributed by atoms with Crippen LogP contribution in [-0.4, -0.2) is 74.8 Å². The van der Waals surface area contributed by atoms with E-state index in [0.717, 1.165) is 16.3 Å².